The number of nitrogens with one attached hydrogen (secondary N) is 1. The van der Waals surface area contributed by atoms with Gasteiger partial charge in [0.15, 0.2) is 17.5 Å². The molecule has 0 saturated carbocycles. The number of fused-ring (bicyclic) bond motifs is 1. The number of aliphatic imine (C=N–C) groups is 1. The second kappa shape index (κ2) is 9.31. The highest BCUT2D eigenvalue weighted by molar-refractivity contribution is 5.92. The molecule has 0 aliphatic heterocycles. The van der Waals surface area contributed by atoms with Crippen LogP contribution >= 0.6 is 0 Å². The lowest BCUT2D eigenvalue weighted by atomic mass is 10.1. The third kappa shape index (κ3) is 4.89. The Morgan fingerprint density at radius 2 is 1.90 bits per heavy atom. The molecule has 2 aromatic carbocycles. The maximum Gasteiger partial charge on any atom is 0.219 e. The highest BCUT2D eigenvalue weighted by atomic mass is 16.5. The predicted molar refractivity (Wildman–Crippen MR) is 119 cm³/mol. The molecule has 30 heavy (non-hydrogen) atoms. The zero-order valence-corrected chi connectivity index (χ0v) is 17.1. The van der Waals surface area contributed by atoms with Gasteiger partial charge in [-0.05, 0) is 67.1 Å². The third-order valence-electron chi connectivity index (χ3n) is 4.96. The van der Waals surface area contributed by atoms with E-state index in [0.717, 1.165) is 17.7 Å². The predicted octanol–water partition coefficient (Wildman–Crippen LogP) is 4.69. The number of benzene rings is 2. The Balaban J connectivity index is 1.35. The number of nitrogens with zero attached hydrogens (tertiary/aromatic N) is 2. The molecule has 1 aliphatic carbocycles. The van der Waals surface area contributed by atoms with E-state index < -0.39 is 0 Å². The summed E-state index contributed by atoms with van der Waals surface area (Å²) in [7, 11) is 0. The quantitative estimate of drug-likeness (QED) is 0.443. The van der Waals surface area contributed by atoms with E-state index in [4.69, 9.17) is 15.2 Å². The summed E-state index contributed by atoms with van der Waals surface area (Å²) in [5.41, 5.74) is 10.8. The van der Waals surface area contributed by atoms with Crippen molar-refractivity contribution in [2.45, 2.75) is 32.7 Å². The van der Waals surface area contributed by atoms with Gasteiger partial charge in [0.1, 0.15) is 0 Å². The van der Waals surface area contributed by atoms with Gasteiger partial charge in [-0.2, -0.15) is 0 Å². The van der Waals surface area contributed by atoms with Gasteiger partial charge in [0.2, 0.25) is 5.88 Å². The molecule has 0 radical (unpaired) electrons. The van der Waals surface area contributed by atoms with Gasteiger partial charge in [0.25, 0.3) is 0 Å². The van der Waals surface area contributed by atoms with Crippen LogP contribution in [0.1, 0.15) is 30.0 Å². The van der Waals surface area contributed by atoms with Crippen molar-refractivity contribution >= 4 is 11.6 Å². The van der Waals surface area contributed by atoms with Crippen molar-refractivity contribution in [1.29, 1.82) is 0 Å². The molecule has 1 aliphatic rings. The molecule has 6 heteroatoms. The normalized spacial score (nSPS) is 13.0. The summed E-state index contributed by atoms with van der Waals surface area (Å²) >= 11 is 0. The maximum absolute atomic E-state index is 6.06. The van der Waals surface area contributed by atoms with E-state index in [-0.39, 0.29) is 0 Å². The summed E-state index contributed by atoms with van der Waals surface area (Å²) in [5.74, 6) is 2.22. The average molecular weight is 402 g/mol. The standard InChI is InChI=1S/C24H26N4O2/c1-2-29-21-8-3-4-9-22(21)30-23-13-10-17(15-26-23)16-27-24(25)28-20-12-11-18-6-5-7-19(18)14-20/h3-4,8-15H,2,5-7,16H2,1H3,(H3,25,27,28). The van der Waals surface area contributed by atoms with Gasteiger partial charge < -0.3 is 20.5 Å². The second-order valence-corrected chi connectivity index (χ2v) is 7.15. The number of rotatable bonds is 7. The molecule has 0 spiro atoms. The number of hydrogen-bond acceptors (Lipinski definition) is 4. The fourth-order valence-electron chi connectivity index (χ4n) is 3.50. The van der Waals surface area contributed by atoms with Crippen molar-refractivity contribution in [3.05, 3.63) is 77.5 Å². The molecule has 0 unspecified atom stereocenters. The van der Waals surface area contributed by atoms with Crippen LogP contribution in [0.5, 0.6) is 17.4 Å². The van der Waals surface area contributed by atoms with Crippen LogP contribution in [0.3, 0.4) is 0 Å². The first-order valence-electron chi connectivity index (χ1n) is 10.2. The van der Waals surface area contributed by atoms with E-state index in [1.165, 1.54) is 24.0 Å². The first kappa shape index (κ1) is 19.8. The molecule has 0 atom stereocenters. The Hall–Kier alpha value is -3.54. The van der Waals surface area contributed by atoms with E-state index in [1.54, 1.807) is 6.20 Å². The van der Waals surface area contributed by atoms with Gasteiger partial charge in [-0.1, -0.05) is 24.3 Å². The van der Waals surface area contributed by atoms with Crippen molar-refractivity contribution in [2.24, 2.45) is 10.7 Å². The van der Waals surface area contributed by atoms with Gasteiger partial charge in [-0.3, -0.25) is 0 Å². The minimum Gasteiger partial charge on any atom is -0.490 e. The Bertz CT molecular complexity index is 1030. The summed E-state index contributed by atoms with van der Waals surface area (Å²) in [6, 6.07) is 17.7. The van der Waals surface area contributed by atoms with Crippen LogP contribution in [0.2, 0.25) is 0 Å². The zero-order valence-electron chi connectivity index (χ0n) is 17.1. The third-order valence-corrected chi connectivity index (χ3v) is 4.96. The molecule has 154 valence electrons. The molecule has 4 rings (SSSR count). The van der Waals surface area contributed by atoms with Gasteiger partial charge in [0.05, 0.1) is 13.2 Å². The maximum atomic E-state index is 6.06. The number of pyridine rings is 1. The summed E-state index contributed by atoms with van der Waals surface area (Å²) in [6.07, 6.45) is 5.28. The summed E-state index contributed by atoms with van der Waals surface area (Å²) in [4.78, 5) is 8.79. The number of para-hydroxylation sites is 2. The first-order valence-corrected chi connectivity index (χ1v) is 10.2. The molecule has 0 saturated heterocycles. The minimum atomic E-state index is 0.388. The van der Waals surface area contributed by atoms with Crippen LogP contribution in [0, 0.1) is 0 Å². The molecule has 0 amide bonds. The number of aryl methyl sites for hydroxylation is 2. The van der Waals surface area contributed by atoms with Crippen LogP contribution in [0.4, 0.5) is 5.69 Å². The Kier molecular flexibility index (Phi) is 6.13. The highest BCUT2D eigenvalue weighted by Crippen LogP contribution is 2.30. The van der Waals surface area contributed by atoms with Crippen LogP contribution in [0.15, 0.2) is 65.8 Å². The van der Waals surface area contributed by atoms with E-state index in [1.807, 2.05) is 43.3 Å². The Morgan fingerprint density at radius 3 is 2.70 bits per heavy atom. The summed E-state index contributed by atoms with van der Waals surface area (Å²) in [5, 5.41) is 3.17. The number of ether oxygens (including phenoxy) is 2. The molecule has 0 bridgehead atoms. The summed E-state index contributed by atoms with van der Waals surface area (Å²) < 4.78 is 11.4. The Morgan fingerprint density at radius 1 is 1.07 bits per heavy atom. The van der Waals surface area contributed by atoms with Crippen LogP contribution in [-0.2, 0) is 19.4 Å². The van der Waals surface area contributed by atoms with E-state index in [9.17, 15) is 0 Å². The number of hydrogen-bond donors (Lipinski definition) is 2. The monoisotopic (exact) mass is 402 g/mol. The lowest BCUT2D eigenvalue weighted by Gasteiger charge is -2.10. The largest absolute Gasteiger partial charge is 0.490 e. The van der Waals surface area contributed by atoms with Crippen LogP contribution in [0.25, 0.3) is 0 Å². The van der Waals surface area contributed by atoms with Crippen molar-refractivity contribution < 1.29 is 9.47 Å². The van der Waals surface area contributed by atoms with E-state index in [2.05, 4.69) is 33.5 Å². The fourth-order valence-corrected chi connectivity index (χ4v) is 3.50. The zero-order chi connectivity index (χ0) is 20.8. The minimum absolute atomic E-state index is 0.388. The van der Waals surface area contributed by atoms with Crippen LogP contribution in [-0.4, -0.2) is 17.6 Å². The van der Waals surface area contributed by atoms with Gasteiger partial charge in [0, 0.05) is 18.0 Å². The van der Waals surface area contributed by atoms with Gasteiger partial charge in [-0.15, -0.1) is 0 Å². The summed E-state index contributed by atoms with van der Waals surface area (Å²) in [6.45, 7) is 2.95. The van der Waals surface area contributed by atoms with Gasteiger partial charge >= 0.3 is 0 Å². The molecule has 6 nitrogen and oxygen atoms in total. The molecule has 3 aromatic rings. The SMILES string of the molecule is CCOc1ccccc1Oc1ccc(CN=C(N)Nc2ccc3c(c2)CCC3)cn1. The number of nitrogens with two attached hydrogens (primary N) is 1. The topological polar surface area (TPSA) is 81.8 Å². The Labute approximate surface area is 176 Å². The van der Waals surface area contributed by atoms with Crippen molar-refractivity contribution in [3.8, 4) is 17.4 Å². The van der Waals surface area contributed by atoms with E-state index >= 15 is 0 Å². The molecular formula is C24H26N4O2. The number of anilines is 1. The first-order chi connectivity index (χ1) is 14.7. The smallest absolute Gasteiger partial charge is 0.219 e. The lowest BCUT2D eigenvalue weighted by molar-refractivity contribution is 0.319. The van der Waals surface area contributed by atoms with Crippen molar-refractivity contribution in [3.63, 3.8) is 0 Å². The van der Waals surface area contributed by atoms with Crippen LogP contribution < -0.4 is 20.5 Å². The van der Waals surface area contributed by atoms with Crippen molar-refractivity contribution in [1.82, 2.24) is 4.98 Å². The number of guanidine groups is 1. The molecule has 3 N–H and O–H groups in total. The molecule has 1 heterocycles. The van der Waals surface area contributed by atoms with Gasteiger partial charge in [-0.25, -0.2) is 9.98 Å². The average Bonchev–Trinajstić information content (AvgIpc) is 3.23. The molecule has 1 aromatic heterocycles. The molecule has 0 fully saturated rings. The van der Waals surface area contributed by atoms with E-state index in [0.29, 0.717) is 36.5 Å². The molecular weight excluding hydrogens is 376 g/mol. The van der Waals surface area contributed by atoms with Crippen molar-refractivity contribution in [2.75, 3.05) is 11.9 Å². The number of aromatic nitrogens is 1. The lowest BCUT2D eigenvalue weighted by Crippen LogP contribution is -2.22. The second-order valence-electron chi connectivity index (χ2n) is 7.15. The highest BCUT2D eigenvalue weighted by Gasteiger charge is 2.11. The fraction of sp³-hybridized carbons (Fsp3) is 0.250.